The molecule has 1 N–H and O–H groups in total. The van der Waals surface area contributed by atoms with Gasteiger partial charge in [-0.3, -0.25) is 0 Å². The molecule has 0 spiro atoms. The largest absolute Gasteiger partial charge is 0.388 e. The summed E-state index contributed by atoms with van der Waals surface area (Å²) in [6.45, 7) is 4.25. The molecule has 0 aliphatic rings. The average molecular weight is 187 g/mol. The Bertz CT molecular complexity index is 228. The summed E-state index contributed by atoms with van der Waals surface area (Å²) in [5, 5.41) is 2.63. The van der Waals surface area contributed by atoms with Crippen molar-refractivity contribution in [2.45, 2.75) is 20.3 Å². The van der Waals surface area contributed by atoms with E-state index in [1.54, 1.807) is 7.05 Å². The van der Waals surface area contributed by atoms with Gasteiger partial charge in [-0.1, -0.05) is 20.3 Å². The summed E-state index contributed by atoms with van der Waals surface area (Å²) >= 11 is 0. The Morgan fingerprint density at radius 2 is 1.46 bits per heavy atom. The standard InChI is InChI=1S/C7H7F2N.C3H8/c1-10-7-3-5(8)2-6(9)4-7;1-3-2/h2-4,10H,1H3;3H2,1-2H3. The van der Waals surface area contributed by atoms with Crippen molar-refractivity contribution in [3.8, 4) is 0 Å². The quantitative estimate of drug-likeness (QED) is 0.710. The molecule has 0 saturated carbocycles. The molecule has 0 bridgehead atoms. The maximum Gasteiger partial charge on any atom is 0.128 e. The molecule has 1 nitrogen and oxygen atoms in total. The highest BCUT2D eigenvalue weighted by molar-refractivity contribution is 5.42. The van der Waals surface area contributed by atoms with Crippen molar-refractivity contribution in [3.05, 3.63) is 29.8 Å². The smallest absolute Gasteiger partial charge is 0.128 e. The second kappa shape index (κ2) is 6.40. The zero-order valence-electron chi connectivity index (χ0n) is 8.20. The predicted molar refractivity (Wildman–Crippen MR) is 51.9 cm³/mol. The van der Waals surface area contributed by atoms with Gasteiger partial charge in [-0.15, -0.1) is 0 Å². The van der Waals surface area contributed by atoms with Crippen LogP contribution < -0.4 is 5.32 Å². The third-order valence-corrected chi connectivity index (χ3v) is 1.15. The van der Waals surface area contributed by atoms with Crippen molar-refractivity contribution in [2.24, 2.45) is 0 Å². The van der Waals surface area contributed by atoms with Crippen LogP contribution in [0.4, 0.5) is 14.5 Å². The highest BCUT2D eigenvalue weighted by Crippen LogP contribution is 2.11. The van der Waals surface area contributed by atoms with Crippen molar-refractivity contribution in [2.75, 3.05) is 12.4 Å². The first-order valence-corrected chi connectivity index (χ1v) is 4.27. The van der Waals surface area contributed by atoms with E-state index in [0.717, 1.165) is 6.07 Å². The van der Waals surface area contributed by atoms with Gasteiger partial charge in [0, 0.05) is 18.8 Å². The Labute approximate surface area is 77.8 Å². The summed E-state index contributed by atoms with van der Waals surface area (Å²) in [4.78, 5) is 0. The molecule has 1 rings (SSSR count). The maximum atomic E-state index is 12.3. The minimum atomic E-state index is -0.565. The monoisotopic (exact) mass is 187 g/mol. The molecule has 1 aromatic rings. The summed E-state index contributed by atoms with van der Waals surface area (Å²) in [7, 11) is 1.61. The predicted octanol–water partition coefficient (Wildman–Crippen LogP) is 3.42. The van der Waals surface area contributed by atoms with Crippen LogP contribution in [0.25, 0.3) is 0 Å². The number of hydrogen-bond donors (Lipinski definition) is 1. The molecular weight excluding hydrogens is 172 g/mol. The zero-order valence-corrected chi connectivity index (χ0v) is 8.20. The number of halogens is 2. The Balaban J connectivity index is 0.000000424. The van der Waals surface area contributed by atoms with Crippen LogP contribution in [0.1, 0.15) is 20.3 Å². The van der Waals surface area contributed by atoms with Crippen LogP contribution in [-0.4, -0.2) is 7.05 Å². The van der Waals surface area contributed by atoms with Crippen molar-refractivity contribution in [1.29, 1.82) is 0 Å². The Morgan fingerprint density at radius 1 is 1.08 bits per heavy atom. The lowest BCUT2D eigenvalue weighted by Crippen LogP contribution is -1.89. The minimum Gasteiger partial charge on any atom is -0.388 e. The molecular formula is C10H15F2N. The molecule has 0 aliphatic carbocycles. The van der Waals surface area contributed by atoms with Crippen LogP contribution >= 0.6 is 0 Å². The van der Waals surface area contributed by atoms with Crippen molar-refractivity contribution in [1.82, 2.24) is 0 Å². The molecule has 0 heterocycles. The van der Waals surface area contributed by atoms with Gasteiger partial charge in [0.1, 0.15) is 11.6 Å². The third kappa shape index (κ3) is 5.17. The highest BCUT2D eigenvalue weighted by Gasteiger charge is 1.96. The van der Waals surface area contributed by atoms with Crippen LogP contribution in [-0.2, 0) is 0 Å². The first-order chi connectivity index (χ1) is 6.13. The summed E-state index contributed by atoms with van der Waals surface area (Å²) in [6.07, 6.45) is 1.25. The Morgan fingerprint density at radius 3 is 1.77 bits per heavy atom. The fourth-order valence-corrected chi connectivity index (χ4v) is 0.698. The van der Waals surface area contributed by atoms with E-state index in [2.05, 4.69) is 19.2 Å². The number of rotatable bonds is 1. The molecule has 0 radical (unpaired) electrons. The van der Waals surface area contributed by atoms with E-state index in [-0.39, 0.29) is 0 Å². The van der Waals surface area contributed by atoms with Crippen molar-refractivity contribution in [3.63, 3.8) is 0 Å². The normalized spacial score (nSPS) is 8.69. The van der Waals surface area contributed by atoms with Gasteiger partial charge >= 0.3 is 0 Å². The Hall–Kier alpha value is -1.12. The topological polar surface area (TPSA) is 12.0 Å². The lowest BCUT2D eigenvalue weighted by Gasteiger charge is -1.98. The maximum absolute atomic E-state index is 12.3. The van der Waals surface area contributed by atoms with E-state index in [4.69, 9.17) is 0 Å². The zero-order chi connectivity index (χ0) is 10.3. The number of benzene rings is 1. The van der Waals surface area contributed by atoms with E-state index < -0.39 is 11.6 Å². The van der Waals surface area contributed by atoms with Crippen LogP contribution in [0.15, 0.2) is 18.2 Å². The molecule has 0 amide bonds. The molecule has 0 aromatic heterocycles. The fraction of sp³-hybridized carbons (Fsp3) is 0.400. The molecule has 0 aliphatic heterocycles. The summed E-state index contributed by atoms with van der Waals surface area (Å²) in [6, 6.07) is 3.28. The van der Waals surface area contributed by atoms with E-state index in [1.807, 2.05) is 0 Å². The molecule has 1 aromatic carbocycles. The number of nitrogens with one attached hydrogen (secondary N) is 1. The third-order valence-electron chi connectivity index (χ3n) is 1.15. The molecule has 0 saturated heterocycles. The average Bonchev–Trinajstić information content (AvgIpc) is 2.04. The molecule has 0 fully saturated rings. The highest BCUT2D eigenvalue weighted by atomic mass is 19.1. The summed E-state index contributed by atoms with van der Waals surface area (Å²) < 4.78 is 24.7. The molecule has 13 heavy (non-hydrogen) atoms. The van der Waals surface area contributed by atoms with E-state index in [0.29, 0.717) is 5.69 Å². The van der Waals surface area contributed by atoms with Crippen molar-refractivity contribution >= 4 is 5.69 Å². The van der Waals surface area contributed by atoms with Crippen LogP contribution in [0, 0.1) is 11.6 Å². The molecule has 3 heteroatoms. The lowest BCUT2D eigenvalue weighted by atomic mass is 10.3. The first-order valence-electron chi connectivity index (χ1n) is 4.27. The number of anilines is 1. The van der Waals surface area contributed by atoms with Crippen LogP contribution in [0.5, 0.6) is 0 Å². The molecule has 0 atom stereocenters. The van der Waals surface area contributed by atoms with Gasteiger partial charge in [0.25, 0.3) is 0 Å². The lowest BCUT2D eigenvalue weighted by molar-refractivity contribution is 0.584. The van der Waals surface area contributed by atoms with Crippen molar-refractivity contribution < 1.29 is 8.78 Å². The van der Waals surface area contributed by atoms with Gasteiger partial charge in [-0.05, 0) is 12.1 Å². The second-order valence-electron chi connectivity index (χ2n) is 2.62. The van der Waals surface area contributed by atoms with Gasteiger partial charge in [0.15, 0.2) is 0 Å². The minimum absolute atomic E-state index is 0.442. The van der Waals surface area contributed by atoms with Gasteiger partial charge in [0.2, 0.25) is 0 Å². The SMILES string of the molecule is CCC.CNc1cc(F)cc(F)c1. The fourth-order valence-electron chi connectivity index (χ4n) is 0.698. The van der Waals surface area contributed by atoms with Gasteiger partial charge < -0.3 is 5.32 Å². The van der Waals surface area contributed by atoms with Gasteiger partial charge in [-0.25, -0.2) is 8.78 Å². The van der Waals surface area contributed by atoms with Gasteiger partial charge in [-0.2, -0.15) is 0 Å². The van der Waals surface area contributed by atoms with Gasteiger partial charge in [0.05, 0.1) is 0 Å². The van der Waals surface area contributed by atoms with Crippen LogP contribution in [0.3, 0.4) is 0 Å². The first kappa shape index (κ1) is 11.9. The Kier molecular flexibility index (Phi) is 5.85. The number of hydrogen-bond acceptors (Lipinski definition) is 1. The van der Waals surface area contributed by atoms with Crippen LogP contribution in [0.2, 0.25) is 0 Å². The summed E-state index contributed by atoms with van der Waals surface area (Å²) in [5.74, 6) is -1.13. The van der Waals surface area contributed by atoms with E-state index in [1.165, 1.54) is 18.6 Å². The van der Waals surface area contributed by atoms with E-state index in [9.17, 15) is 8.78 Å². The van der Waals surface area contributed by atoms with E-state index >= 15 is 0 Å². The molecule has 0 unspecified atom stereocenters. The second-order valence-corrected chi connectivity index (χ2v) is 2.62. The summed E-state index contributed by atoms with van der Waals surface area (Å²) in [5.41, 5.74) is 0.442. The molecule has 74 valence electrons.